The summed E-state index contributed by atoms with van der Waals surface area (Å²) in [5.41, 5.74) is 8.14. The van der Waals surface area contributed by atoms with Crippen LogP contribution in [0.15, 0.2) is 42.5 Å². The minimum atomic E-state index is -0.323. The molecule has 2 nitrogen and oxygen atoms in total. The molecular formula is C16H18F2N2. The molecule has 0 saturated carbocycles. The maximum atomic E-state index is 13.4. The fourth-order valence-electron chi connectivity index (χ4n) is 2.27. The highest BCUT2D eigenvalue weighted by Crippen LogP contribution is 2.32. The van der Waals surface area contributed by atoms with Crippen LogP contribution in [0.1, 0.15) is 25.5 Å². The summed E-state index contributed by atoms with van der Waals surface area (Å²) in [6.45, 7) is 4.39. The molecule has 0 aromatic heterocycles. The van der Waals surface area contributed by atoms with E-state index in [1.54, 1.807) is 19.1 Å². The highest BCUT2D eigenvalue weighted by atomic mass is 19.1. The van der Waals surface area contributed by atoms with E-state index in [0.717, 1.165) is 11.4 Å². The molecule has 0 aliphatic carbocycles. The van der Waals surface area contributed by atoms with Gasteiger partial charge in [-0.25, -0.2) is 8.78 Å². The second kappa shape index (κ2) is 6.01. The zero-order valence-electron chi connectivity index (χ0n) is 11.6. The Balaban J connectivity index is 2.52. The van der Waals surface area contributed by atoms with E-state index >= 15 is 0 Å². The SMILES string of the molecule is CCN(c1cccc(F)c1)c1ccc(F)cc1[C@@H](C)N. The van der Waals surface area contributed by atoms with E-state index in [9.17, 15) is 8.78 Å². The number of nitrogens with two attached hydrogens (primary N) is 1. The molecule has 2 aromatic rings. The molecule has 4 heteroatoms. The van der Waals surface area contributed by atoms with Gasteiger partial charge in [-0.1, -0.05) is 6.07 Å². The van der Waals surface area contributed by atoms with E-state index < -0.39 is 0 Å². The minimum absolute atomic E-state index is 0.301. The first-order valence-corrected chi connectivity index (χ1v) is 6.61. The van der Waals surface area contributed by atoms with Gasteiger partial charge >= 0.3 is 0 Å². The molecule has 0 heterocycles. The Hall–Kier alpha value is -1.94. The number of rotatable bonds is 4. The van der Waals surface area contributed by atoms with Gasteiger partial charge in [0.1, 0.15) is 11.6 Å². The van der Waals surface area contributed by atoms with Crippen LogP contribution in [0.3, 0.4) is 0 Å². The van der Waals surface area contributed by atoms with Crippen molar-refractivity contribution in [3.05, 3.63) is 59.7 Å². The molecule has 1 atom stereocenters. The van der Waals surface area contributed by atoms with Crippen LogP contribution in [0.4, 0.5) is 20.2 Å². The quantitative estimate of drug-likeness (QED) is 0.909. The van der Waals surface area contributed by atoms with Crippen LogP contribution in [0.25, 0.3) is 0 Å². The Kier molecular flexibility index (Phi) is 4.35. The van der Waals surface area contributed by atoms with Crippen LogP contribution in [-0.4, -0.2) is 6.54 Å². The van der Waals surface area contributed by atoms with E-state index in [1.807, 2.05) is 17.9 Å². The van der Waals surface area contributed by atoms with Crippen molar-refractivity contribution in [2.45, 2.75) is 19.9 Å². The summed E-state index contributed by atoms with van der Waals surface area (Å²) in [5.74, 6) is -0.623. The molecule has 0 unspecified atom stereocenters. The van der Waals surface area contributed by atoms with Gasteiger partial charge in [-0.3, -0.25) is 0 Å². The molecule has 2 rings (SSSR count). The third-order valence-corrected chi connectivity index (χ3v) is 3.21. The predicted octanol–water partition coefficient (Wildman–Crippen LogP) is 4.14. The topological polar surface area (TPSA) is 29.3 Å². The largest absolute Gasteiger partial charge is 0.341 e. The molecule has 106 valence electrons. The van der Waals surface area contributed by atoms with Gasteiger partial charge in [0, 0.05) is 24.0 Å². The van der Waals surface area contributed by atoms with Crippen molar-refractivity contribution >= 4 is 11.4 Å². The molecular weight excluding hydrogens is 258 g/mol. The molecule has 20 heavy (non-hydrogen) atoms. The van der Waals surface area contributed by atoms with E-state index in [1.165, 1.54) is 24.3 Å². The van der Waals surface area contributed by atoms with Crippen molar-refractivity contribution in [3.63, 3.8) is 0 Å². The second-order valence-corrected chi connectivity index (χ2v) is 4.72. The Labute approximate surface area is 117 Å². The maximum Gasteiger partial charge on any atom is 0.125 e. The van der Waals surface area contributed by atoms with Gasteiger partial charge < -0.3 is 10.6 Å². The highest BCUT2D eigenvalue weighted by Gasteiger charge is 2.15. The number of nitrogens with zero attached hydrogens (tertiary/aromatic N) is 1. The van der Waals surface area contributed by atoms with Crippen molar-refractivity contribution in [1.29, 1.82) is 0 Å². The number of anilines is 2. The van der Waals surface area contributed by atoms with Crippen molar-refractivity contribution in [2.75, 3.05) is 11.4 Å². The molecule has 0 aliphatic rings. The lowest BCUT2D eigenvalue weighted by molar-refractivity contribution is 0.621. The summed E-state index contributed by atoms with van der Waals surface area (Å²) in [6, 6.07) is 10.5. The van der Waals surface area contributed by atoms with Crippen LogP contribution in [0, 0.1) is 11.6 Å². The fraction of sp³-hybridized carbons (Fsp3) is 0.250. The summed E-state index contributed by atoms with van der Waals surface area (Å²) in [6.07, 6.45) is 0. The van der Waals surface area contributed by atoms with E-state index in [-0.39, 0.29) is 17.7 Å². The van der Waals surface area contributed by atoms with Gasteiger partial charge in [-0.05, 0) is 55.8 Å². The lowest BCUT2D eigenvalue weighted by Gasteiger charge is -2.27. The maximum absolute atomic E-state index is 13.4. The van der Waals surface area contributed by atoms with E-state index in [2.05, 4.69) is 0 Å². The molecule has 0 radical (unpaired) electrons. The zero-order valence-corrected chi connectivity index (χ0v) is 11.6. The Morgan fingerprint density at radius 2 is 1.80 bits per heavy atom. The molecule has 0 saturated heterocycles. The first-order chi connectivity index (χ1) is 9.52. The van der Waals surface area contributed by atoms with Crippen LogP contribution in [0.5, 0.6) is 0 Å². The molecule has 0 bridgehead atoms. The lowest BCUT2D eigenvalue weighted by Crippen LogP contribution is -2.20. The van der Waals surface area contributed by atoms with Crippen LogP contribution in [0.2, 0.25) is 0 Å². The zero-order chi connectivity index (χ0) is 14.7. The van der Waals surface area contributed by atoms with Crippen molar-refractivity contribution < 1.29 is 8.78 Å². The van der Waals surface area contributed by atoms with Gasteiger partial charge in [0.2, 0.25) is 0 Å². The van der Waals surface area contributed by atoms with Gasteiger partial charge in [0.15, 0.2) is 0 Å². The van der Waals surface area contributed by atoms with Gasteiger partial charge in [-0.15, -0.1) is 0 Å². The fourth-order valence-corrected chi connectivity index (χ4v) is 2.27. The predicted molar refractivity (Wildman–Crippen MR) is 78.1 cm³/mol. The molecule has 0 fully saturated rings. The summed E-state index contributed by atoms with van der Waals surface area (Å²) < 4.78 is 26.8. The Bertz CT molecular complexity index is 597. The first-order valence-electron chi connectivity index (χ1n) is 6.61. The summed E-state index contributed by atoms with van der Waals surface area (Å²) in [7, 11) is 0. The Morgan fingerprint density at radius 3 is 2.40 bits per heavy atom. The van der Waals surface area contributed by atoms with Crippen molar-refractivity contribution in [2.24, 2.45) is 5.73 Å². The molecule has 2 N–H and O–H groups in total. The standard InChI is InChI=1S/C16H18F2N2/c1-3-20(14-6-4-5-12(17)9-14)16-8-7-13(18)10-15(16)11(2)19/h4-11H,3,19H2,1-2H3/t11-/m1/s1. The van der Waals surface area contributed by atoms with Gasteiger partial charge in [-0.2, -0.15) is 0 Å². The summed E-state index contributed by atoms with van der Waals surface area (Å²) in [5, 5.41) is 0. The van der Waals surface area contributed by atoms with Gasteiger partial charge in [0.05, 0.1) is 0 Å². The van der Waals surface area contributed by atoms with Gasteiger partial charge in [0.25, 0.3) is 0 Å². The van der Waals surface area contributed by atoms with Crippen molar-refractivity contribution in [3.8, 4) is 0 Å². The molecule has 2 aromatic carbocycles. The number of hydrogen-bond acceptors (Lipinski definition) is 2. The third-order valence-electron chi connectivity index (χ3n) is 3.21. The van der Waals surface area contributed by atoms with E-state index in [0.29, 0.717) is 12.1 Å². The lowest BCUT2D eigenvalue weighted by atomic mass is 10.0. The number of hydrogen-bond donors (Lipinski definition) is 1. The van der Waals surface area contributed by atoms with Crippen LogP contribution >= 0.6 is 0 Å². The second-order valence-electron chi connectivity index (χ2n) is 4.72. The highest BCUT2D eigenvalue weighted by molar-refractivity contribution is 5.67. The minimum Gasteiger partial charge on any atom is -0.341 e. The third kappa shape index (κ3) is 2.96. The van der Waals surface area contributed by atoms with Crippen LogP contribution < -0.4 is 10.6 Å². The first kappa shape index (κ1) is 14.5. The number of halogens is 2. The normalized spacial score (nSPS) is 12.2. The van der Waals surface area contributed by atoms with Crippen LogP contribution in [-0.2, 0) is 0 Å². The molecule has 0 amide bonds. The summed E-state index contributed by atoms with van der Waals surface area (Å²) in [4.78, 5) is 1.92. The summed E-state index contributed by atoms with van der Waals surface area (Å²) >= 11 is 0. The molecule has 0 aliphatic heterocycles. The number of benzene rings is 2. The smallest absolute Gasteiger partial charge is 0.125 e. The average molecular weight is 276 g/mol. The Morgan fingerprint density at radius 1 is 1.10 bits per heavy atom. The monoisotopic (exact) mass is 276 g/mol. The average Bonchev–Trinajstić information content (AvgIpc) is 2.41. The van der Waals surface area contributed by atoms with E-state index in [4.69, 9.17) is 5.73 Å². The van der Waals surface area contributed by atoms with Crippen molar-refractivity contribution in [1.82, 2.24) is 0 Å². The molecule has 0 spiro atoms.